The number of halogens is 1. The summed E-state index contributed by atoms with van der Waals surface area (Å²) in [6.45, 7) is 6.10. The van der Waals surface area contributed by atoms with E-state index in [0.29, 0.717) is 23.3 Å². The molecule has 0 aliphatic heterocycles. The maximum atomic E-state index is 11.8. The predicted octanol–water partition coefficient (Wildman–Crippen LogP) is 10.6. The summed E-state index contributed by atoms with van der Waals surface area (Å²) < 4.78 is 10.7. The Balaban J connectivity index is 1.32. The van der Waals surface area contributed by atoms with E-state index in [1.807, 2.05) is 30.3 Å². The largest absolute Gasteiger partial charge is 0.479 e. The first kappa shape index (κ1) is 30.2. The molecule has 4 heteroatoms. The summed E-state index contributed by atoms with van der Waals surface area (Å²) >= 11 is 6.75. The van der Waals surface area contributed by atoms with Gasteiger partial charge in [-0.3, -0.25) is 0 Å². The second-order valence-corrected chi connectivity index (χ2v) is 11.7. The molecule has 0 spiro atoms. The van der Waals surface area contributed by atoms with Crippen LogP contribution in [0.1, 0.15) is 96.5 Å². The van der Waals surface area contributed by atoms with Crippen molar-refractivity contribution < 1.29 is 14.3 Å². The van der Waals surface area contributed by atoms with Gasteiger partial charge in [0.1, 0.15) is 5.75 Å². The molecule has 3 nitrogen and oxygen atoms in total. The third-order valence-electron chi connectivity index (χ3n) is 8.34. The lowest BCUT2D eigenvalue weighted by Gasteiger charge is -2.29. The normalized spacial score (nSPS) is 17.8. The highest BCUT2D eigenvalue weighted by Crippen LogP contribution is 2.39. The Bertz CT molecular complexity index is 1190. The van der Waals surface area contributed by atoms with Gasteiger partial charge in [0.15, 0.2) is 6.10 Å². The number of hydrogen-bond acceptors (Lipinski definition) is 3. The highest BCUT2D eigenvalue weighted by Gasteiger charge is 2.22. The monoisotopic (exact) mass is 560 g/mol. The van der Waals surface area contributed by atoms with E-state index in [1.165, 1.54) is 75.3 Å². The first-order chi connectivity index (χ1) is 19.5. The summed E-state index contributed by atoms with van der Waals surface area (Å²) in [7, 11) is 0. The third-order valence-corrected chi connectivity index (χ3v) is 8.66. The Morgan fingerprint density at radius 3 is 2.12 bits per heavy atom. The van der Waals surface area contributed by atoms with E-state index >= 15 is 0 Å². The van der Waals surface area contributed by atoms with Crippen LogP contribution in [0.2, 0.25) is 5.02 Å². The van der Waals surface area contributed by atoms with Crippen molar-refractivity contribution in [3.8, 4) is 28.0 Å². The highest BCUT2D eigenvalue weighted by atomic mass is 35.5. The molecule has 0 saturated heterocycles. The fourth-order valence-electron chi connectivity index (χ4n) is 5.92. The minimum atomic E-state index is -0.653. The summed E-state index contributed by atoms with van der Waals surface area (Å²) in [6.07, 6.45) is 13.2. The van der Waals surface area contributed by atoms with E-state index in [2.05, 4.69) is 43.3 Å². The molecule has 3 aromatic carbocycles. The Morgan fingerprint density at radius 1 is 0.825 bits per heavy atom. The van der Waals surface area contributed by atoms with Gasteiger partial charge in [0, 0.05) is 10.6 Å². The van der Waals surface area contributed by atoms with Crippen LogP contribution < -0.4 is 4.74 Å². The lowest BCUT2D eigenvalue weighted by molar-refractivity contribution is -0.150. The molecule has 0 aromatic heterocycles. The highest BCUT2D eigenvalue weighted by molar-refractivity contribution is 6.33. The number of esters is 1. The van der Waals surface area contributed by atoms with Crippen LogP contribution in [0.25, 0.3) is 22.3 Å². The lowest BCUT2D eigenvalue weighted by Crippen LogP contribution is -2.25. The molecule has 214 valence electrons. The minimum absolute atomic E-state index is 0.338. The molecule has 1 saturated carbocycles. The van der Waals surface area contributed by atoms with E-state index in [1.54, 1.807) is 13.8 Å². The van der Waals surface area contributed by atoms with Crippen molar-refractivity contribution in [3.63, 3.8) is 0 Å². The number of unbranched alkanes of at least 4 members (excludes halogenated alkanes) is 4. The Morgan fingerprint density at radius 2 is 1.48 bits per heavy atom. The van der Waals surface area contributed by atoms with Crippen LogP contribution in [-0.2, 0) is 9.53 Å². The van der Waals surface area contributed by atoms with Gasteiger partial charge < -0.3 is 9.47 Å². The number of hydrogen-bond donors (Lipinski definition) is 0. The van der Waals surface area contributed by atoms with Gasteiger partial charge in [-0.15, -0.1) is 0 Å². The average molecular weight is 561 g/mol. The summed E-state index contributed by atoms with van der Waals surface area (Å²) in [5.41, 5.74) is 5.76. The maximum absolute atomic E-state index is 11.8. The average Bonchev–Trinajstić information content (AvgIpc) is 2.98. The van der Waals surface area contributed by atoms with Crippen molar-refractivity contribution >= 4 is 17.6 Å². The quantitative estimate of drug-likeness (QED) is 0.154. The van der Waals surface area contributed by atoms with Crippen LogP contribution in [-0.4, -0.2) is 18.7 Å². The number of carbonyl (C=O) groups is 1. The zero-order valence-corrected chi connectivity index (χ0v) is 25.2. The molecule has 0 radical (unpaired) electrons. The van der Waals surface area contributed by atoms with Crippen LogP contribution in [0.4, 0.5) is 0 Å². The van der Waals surface area contributed by atoms with Gasteiger partial charge in [-0.25, -0.2) is 4.79 Å². The molecule has 0 bridgehead atoms. The fourth-order valence-corrected chi connectivity index (χ4v) is 6.21. The Labute approximate surface area is 246 Å². The Kier molecular flexibility index (Phi) is 11.5. The van der Waals surface area contributed by atoms with Crippen molar-refractivity contribution in [2.24, 2.45) is 5.92 Å². The van der Waals surface area contributed by atoms with Crippen molar-refractivity contribution in [3.05, 3.63) is 77.3 Å². The lowest BCUT2D eigenvalue weighted by atomic mass is 9.77. The molecule has 0 N–H and O–H groups in total. The number of ether oxygens (including phenoxy) is 2. The summed E-state index contributed by atoms with van der Waals surface area (Å²) in [5.74, 6) is 1.89. The third kappa shape index (κ3) is 8.36. The Hall–Kier alpha value is -2.78. The second kappa shape index (κ2) is 15.3. The second-order valence-electron chi connectivity index (χ2n) is 11.3. The van der Waals surface area contributed by atoms with Crippen molar-refractivity contribution in [1.82, 2.24) is 0 Å². The topological polar surface area (TPSA) is 35.5 Å². The number of carbonyl (C=O) groups excluding carboxylic acids is 1. The summed E-state index contributed by atoms with van der Waals surface area (Å²) in [4.78, 5) is 11.8. The number of benzene rings is 3. The molecule has 1 aliphatic carbocycles. The van der Waals surface area contributed by atoms with Crippen LogP contribution in [0.15, 0.2) is 66.7 Å². The van der Waals surface area contributed by atoms with Gasteiger partial charge in [0.05, 0.1) is 6.61 Å². The molecule has 4 rings (SSSR count). The molecule has 1 fully saturated rings. The van der Waals surface area contributed by atoms with E-state index in [9.17, 15) is 4.79 Å². The molecule has 0 heterocycles. The fraction of sp³-hybridized carbons (Fsp3) is 0.472. The standard InChI is InChI=1S/C36H45ClO3/c1-4-6-7-8-9-10-27-11-13-28(14-12-27)29-15-17-30(18-16-29)32-21-24-34(35(37)25-32)31-19-22-33(23-20-31)40-26(3)36(38)39-5-2/h15-28H,4-14H2,1-3H3. The van der Waals surface area contributed by atoms with Crippen molar-refractivity contribution in [2.75, 3.05) is 6.61 Å². The molecule has 40 heavy (non-hydrogen) atoms. The van der Waals surface area contributed by atoms with E-state index in [0.717, 1.165) is 22.6 Å². The van der Waals surface area contributed by atoms with Crippen molar-refractivity contribution in [2.45, 2.75) is 97.0 Å². The minimum Gasteiger partial charge on any atom is -0.479 e. The zero-order chi connectivity index (χ0) is 28.3. The molecular formula is C36H45ClO3. The smallest absolute Gasteiger partial charge is 0.347 e. The van der Waals surface area contributed by atoms with Gasteiger partial charge in [-0.05, 0) is 91.8 Å². The molecule has 0 amide bonds. The van der Waals surface area contributed by atoms with Gasteiger partial charge in [-0.1, -0.05) is 106 Å². The van der Waals surface area contributed by atoms with Crippen LogP contribution >= 0.6 is 11.6 Å². The molecule has 3 aromatic rings. The first-order valence-electron chi connectivity index (χ1n) is 15.3. The maximum Gasteiger partial charge on any atom is 0.347 e. The zero-order valence-electron chi connectivity index (χ0n) is 24.5. The van der Waals surface area contributed by atoms with Crippen LogP contribution in [0.5, 0.6) is 5.75 Å². The van der Waals surface area contributed by atoms with Gasteiger partial charge in [-0.2, -0.15) is 0 Å². The van der Waals surface area contributed by atoms with Crippen LogP contribution in [0, 0.1) is 5.92 Å². The van der Waals surface area contributed by atoms with E-state index < -0.39 is 6.10 Å². The number of rotatable bonds is 13. The SMILES string of the molecule is CCCCCCCC1CCC(c2ccc(-c3ccc(-c4ccc(OC(C)C(=O)OCC)cc4)c(Cl)c3)cc2)CC1. The molecule has 1 atom stereocenters. The van der Waals surface area contributed by atoms with Gasteiger partial charge >= 0.3 is 5.97 Å². The summed E-state index contributed by atoms with van der Waals surface area (Å²) in [6, 6.07) is 23.0. The molecular weight excluding hydrogens is 516 g/mol. The first-order valence-corrected chi connectivity index (χ1v) is 15.7. The van der Waals surface area contributed by atoms with E-state index in [4.69, 9.17) is 21.1 Å². The van der Waals surface area contributed by atoms with Gasteiger partial charge in [0.2, 0.25) is 0 Å². The van der Waals surface area contributed by atoms with Crippen molar-refractivity contribution in [1.29, 1.82) is 0 Å². The predicted molar refractivity (Wildman–Crippen MR) is 167 cm³/mol. The molecule has 1 unspecified atom stereocenters. The molecule has 1 aliphatic rings. The summed E-state index contributed by atoms with van der Waals surface area (Å²) in [5, 5.41) is 0.711. The van der Waals surface area contributed by atoms with Gasteiger partial charge in [0.25, 0.3) is 0 Å². The van der Waals surface area contributed by atoms with E-state index in [-0.39, 0.29) is 5.97 Å². The van der Waals surface area contributed by atoms with Crippen LogP contribution in [0.3, 0.4) is 0 Å².